The van der Waals surface area contributed by atoms with Crippen LogP contribution in [0.2, 0.25) is 0 Å². The highest BCUT2D eigenvalue weighted by molar-refractivity contribution is 9.10. The number of piperidine rings is 1. The van der Waals surface area contributed by atoms with Crippen molar-refractivity contribution in [2.45, 2.75) is 18.9 Å². The van der Waals surface area contributed by atoms with Crippen LogP contribution in [0.15, 0.2) is 22.7 Å². The Kier molecular flexibility index (Phi) is 4.17. The maximum Gasteiger partial charge on any atom is 0.124 e. The Bertz CT molecular complexity index is 397. The number of rotatable bonds is 2. The van der Waals surface area contributed by atoms with Gasteiger partial charge in [0.05, 0.1) is 0 Å². The molecule has 2 unspecified atom stereocenters. The van der Waals surface area contributed by atoms with Gasteiger partial charge in [0.15, 0.2) is 0 Å². The van der Waals surface area contributed by atoms with E-state index in [0.29, 0.717) is 18.5 Å². The highest BCUT2D eigenvalue weighted by Crippen LogP contribution is 2.37. The fraction of sp³-hybridized carbons (Fsp3) is 0.538. The van der Waals surface area contributed by atoms with Crippen molar-refractivity contribution in [2.24, 2.45) is 11.7 Å². The van der Waals surface area contributed by atoms with Crippen LogP contribution in [-0.4, -0.2) is 25.0 Å². The van der Waals surface area contributed by atoms with Gasteiger partial charge in [-0.15, -0.1) is 0 Å². The zero-order chi connectivity index (χ0) is 12.4. The fourth-order valence-corrected chi connectivity index (χ4v) is 3.32. The molecule has 4 heteroatoms. The average Bonchev–Trinajstić information content (AvgIpc) is 2.30. The summed E-state index contributed by atoms with van der Waals surface area (Å²) in [5.41, 5.74) is 7.00. The molecule has 1 aromatic carbocycles. The second kappa shape index (κ2) is 5.46. The first-order valence-corrected chi connectivity index (χ1v) is 6.78. The largest absolute Gasteiger partial charge is 0.330 e. The van der Waals surface area contributed by atoms with Gasteiger partial charge in [0, 0.05) is 10.5 Å². The SMILES string of the molecule is CN1CCCC(CN)C1c1ccc(F)cc1Br. The van der Waals surface area contributed by atoms with Crippen LogP contribution in [0.5, 0.6) is 0 Å². The third-order valence-electron chi connectivity index (χ3n) is 3.59. The highest BCUT2D eigenvalue weighted by Gasteiger charge is 2.30. The maximum atomic E-state index is 13.1. The third kappa shape index (κ3) is 2.69. The number of halogens is 2. The second-order valence-corrected chi connectivity index (χ2v) is 5.58. The van der Waals surface area contributed by atoms with Crippen molar-refractivity contribution in [1.29, 1.82) is 0 Å². The summed E-state index contributed by atoms with van der Waals surface area (Å²) >= 11 is 3.46. The average molecular weight is 301 g/mol. The van der Waals surface area contributed by atoms with Gasteiger partial charge < -0.3 is 5.73 Å². The van der Waals surface area contributed by atoms with Crippen molar-refractivity contribution in [3.63, 3.8) is 0 Å². The molecule has 0 radical (unpaired) electrons. The van der Waals surface area contributed by atoms with Crippen molar-refractivity contribution in [3.8, 4) is 0 Å². The molecule has 2 nitrogen and oxygen atoms in total. The van der Waals surface area contributed by atoms with Gasteiger partial charge in [-0.3, -0.25) is 4.90 Å². The summed E-state index contributed by atoms with van der Waals surface area (Å²) in [6.45, 7) is 1.75. The van der Waals surface area contributed by atoms with Crippen LogP contribution in [0.4, 0.5) is 4.39 Å². The summed E-state index contributed by atoms with van der Waals surface area (Å²) in [4.78, 5) is 2.32. The van der Waals surface area contributed by atoms with Crippen LogP contribution < -0.4 is 5.73 Å². The standard InChI is InChI=1S/C13H18BrFN2/c1-17-6-2-3-9(8-16)13(17)11-5-4-10(15)7-12(11)14/h4-5,7,9,13H,2-3,6,8,16H2,1H3. The maximum absolute atomic E-state index is 13.1. The predicted molar refractivity (Wildman–Crippen MR) is 71.2 cm³/mol. The summed E-state index contributed by atoms with van der Waals surface area (Å²) in [7, 11) is 2.11. The Labute approximate surface area is 110 Å². The number of benzene rings is 1. The lowest BCUT2D eigenvalue weighted by Gasteiger charge is -2.39. The first-order chi connectivity index (χ1) is 8.13. The molecule has 0 bridgehead atoms. The van der Waals surface area contributed by atoms with Gasteiger partial charge in [0.2, 0.25) is 0 Å². The van der Waals surface area contributed by atoms with E-state index in [-0.39, 0.29) is 5.82 Å². The molecule has 0 amide bonds. The molecule has 1 aromatic rings. The smallest absolute Gasteiger partial charge is 0.124 e. The quantitative estimate of drug-likeness (QED) is 0.910. The molecule has 1 fully saturated rings. The van der Waals surface area contributed by atoms with Gasteiger partial charge in [-0.25, -0.2) is 4.39 Å². The van der Waals surface area contributed by atoms with Crippen molar-refractivity contribution in [3.05, 3.63) is 34.1 Å². The summed E-state index contributed by atoms with van der Waals surface area (Å²) in [5, 5.41) is 0. The minimum atomic E-state index is -0.205. The molecular weight excluding hydrogens is 283 g/mol. The second-order valence-electron chi connectivity index (χ2n) is 4.73. The van der Waals surface area contributed by atoms with Crippen molar-refractivity contribution >= 4 is 15.9 Å². The molecule has 1 saturated heterocycles. The highest BCUT2D eigenvalue weighted by atomic mass is 79.9. The normalized spacial score (nSPS) is 26.1. The van der Waals surface area contributed by atoms with E-state index in [1.54, 1.807) is 0 Å². The van der Waals surface area contributed by atoms with Gasteiger partial charge in [0.1, 0.15) is 5.82 Å². The van der Waals surface area contributed by atoms with E-state index in [4.69, 9.17) is 5.73 Å². The lowest BCUT2D eigenvalue weighted by Crippen LogP contribution is -2.39. The van der Waals surface area contributed by atoms with Crippen LogP contribution in [0.3, 0.4) is 0 Å². The van der Waals surface area contributed by atoms with Gasteiger partial charge in [0.25, 0.3) is 0 Å². The zero-order valence-electron chi connectivity index (χ0n) is 10.00. The molecule has 2 rings (SSSR count). The third-order valence-corrected chi connectivity index (χ3v) is 4.28. The molecule has 0 aromatic heterocycles. The fourth-order valence-electron chi connectivity index (χ4n) is 2.74. The van der Waals surface area contributed by atoms with E-state index in [1.165, 1.54) is 18.6 Å². The topological polar surface area (TPSA) is 29.3 Å². The molecule has 1 heterocycles. The number of likely N-dealkylation sites (tertiary alicyclic amines) is 1. The minimum Gasteiger partial charge on any atom is -0.330 e. The molecule has 2 N–H and O–H groups in total. The lowest BCUT2D eigenvalue weighted by atomic mass is 9.85. The molecule has 0 spiro atoms. The number of hydrogen-bond donors (Lipinski definition) is 1. The van der Waals surface area contributed by atoms with E-state index < -0.39 is 0 Å². The Morgan fingerprint density at radius 2 is 2.29 bits per heavy atom. The van der Waals surface area contributed by atoms with Crippen LogP contribution >= 0.6 is 15.9 Å². The lowest BCUT2D eigenvalue weighted by molar-refractivity contribution is 0.125. The number of nitrogens with two attached hydrogens (primary N) is 1. The monoisotopic (exact) mass is 300 g/mol. The minimum absolute atomic E-state index is 0.205. The molecule has 0 saturated carbocycles. The Balaban J connectivity index is 2.34. The predicted octanol–water partition coefficient (Wildman–Crippen LogP) is 2.93. The Morgan fingerprint density at radius 3 is 2.94 bits per heavy atom. The molecule has 1 aliphatic heterocycles. The van der Waals surface area contributed by atoms with E-state index in [9.17, 15) is 4.39 Å². The molecular formula is C13H18BrFN2. The number of hydrogen-bond acceptors (Lipinski definition) is 2. The summed E-state index contributed by atoms with van der Waals surface area (Å²) in [5.74, 6) is 0.249. The van der Waals surface area contributed by atoms with Crippen molar-refractivity contribution in [1.82, 2.24) is 4.90 Å². The Morgan fingerprint density at radius 1 is 1.53 bits per heavy atom. The van der Waals surface area contributed by atoms with Crippen molar-refractivity contribution < 1.29 is 4.39 Å². The van der Waals surface area contributed by atoms with E-state index in [2.05, 4.69) is 27.9 Å². The van der Waals surface area contributed by atoms with Gasteiger partial charge in [-0.05, 0) is 56.6 Å². The van der Waals surface area contributed by atoms with Crippen LogP contribution in [0, 0.1) is 11.7 Å². The van der Waals surface area contributed by atoms with Gasteiger partial charge in [-0.1, -0.05) is 22.0 Å². The van der Waals surface area contributed by atoms with Crippen molar-refractivity contribution in [2.75, 3.05) is 20.1 Å². The molecule has 2 atom stereocenters. The van der Waals surface area contributed by atoms with E-state index >= 15 is 0 Å². The first kappa shape index (κ1) is 13.0. The summed E-state index contributed by atoms with van der Waals surface area (Å²) < 4.78 is 14.0. The summed E-state index contributed by atoms with van der Waals surface area (Å²) in [6, 6.07) is 5.22. The van der Waals surface area contributed by atoms with E-state index in [0.717, 1.165) is 23.0 Å². The number of nitrogens with zero attached hydrogens (tertiary/aromatic N) is 1. The zero-order valence-corrected chi connectivity index (χ0v) is 11.6. The molecule has 0 aliphatic carbocycles. The van der Waals surface area contributed by atoms with Crippen LogP contribution in [-0.2, 0) is 0 Å². The van der Waals surface area contributed by atoms with Gasteiger partial charge >= 0.3 is 0 Å². The molecule has 94 valence electrons. The molecule has 17 heavy (non-hydrogen) atoms. The van der Waals surface area contributed by atoms with Crippen LogP contribution in [0.25, 0.3) is 0 Å². The Hall–Kier alpha value is -0.450. The van der Waals surface area contributed by atoms with E-state index in [1.807, 2.05) is 6.07 Å². The van der Waals surface area contributed by atoms with Crippen LogP contribution in [0.1, 0.15) is 24.4 Å². The van der Waals surface area contributed by atoms with Gasteiger partial charge in [-0.2, -0.15) is 0 Å². The first-order valence-electron chi connectivity index (χ1n) is 5.98. The molecule has 1 aliphatic rings. The summed E-state index contributed by atoms with van der Waals surface area (Å²) in [6.07, 6.45) is 2.34.